The molecule has 0 aliphatic carbocycles. The minimum absolute atomic E-state index is 0.119. The molecule has 0 heterocycles. The van der Waals surface area contributed by atoms with Crippen molar-refractivity contribution in [2.24, 2.45) is 0 Å². The van der Waals surface area contributed by atoms with Gasteiger partial charge in [-0.2, -0.15) is 0 Å². The van der Waals surface area contributed by atoms with Gasteiger partial charge in [0.25, 0.3) is 0 Å². The van der Waals surface area contributed by atoms with Gasteiger partial charge in [0.05, 0.1) is 0 Å². The lowest BCUT2D eigenvalue weighted by atomic mass is 9.99. The zero-order valence-corrected chi connectivity index (χ0v) is 13.5. The molecule has 1 atom stereocenters. The van der Waals surface area contributed by atoms with Crippen LogP contribution in [-0.2, 0) is 6.42 Å². The summed E-state index contributed by atoms with van der Waals surface area (Å²) in [7, 11) is 0. The van der Waals surface area contributed by atoms with E-state index in [1.54, 1.807) is 12.1 Å². The van der Waals surface area contributed by atoms with Crippen molar-refractivity contribution in [2.45, 2.75) is 19.4 Å². The van der Waals surface area contributed by atoms with Crippen LogP contribution >= 0.6 is 27.5 Å². The summed E-state index contributed by atoms with van der Waals surface area (Å²) in [6.07, 6.45) is 0.728. The Morgan fingerprint density at radius 1 is 1.25 bits per heavy atom. The molecule has 0 fully saturated rings. The van der Waals surface area contributed by atoms with E-state index in [4.69, 9.17) is 11.6 Å². The van der Waals surface area contributed by atoms with Gasteiger partial charge >= 0.3 is 0 Å². The Kier molecular flexibility index (Phi) is 5.58. The van der Waals surface area contributed by atoms with E-state index in [0.29, 0.717) is 5.02 Å². The molecule has 0 saturated carbocycles. The van der Waals surface area contributed by atoms with Gasteiger partial charge in [-0.15, -0.1) is 0 Å². The average Bonchev–Trinajstić information content (AvgIpc) is 2.38. The van der Waals surface area contributed by atoms with Crippen LogP contribution in [0.2, 0.25) is 5.02 Å². The largest absolute Gasteiger partial charge is 0.310 e. The van der Waals surface area contributed by atoms with Crippen LogP contribution in [-0.4, -0.2) is 6.54 Å². The molecule has 1 unspecified atom stereocenters. The first-order chi connectivity index (χ1) is 9.60. The molecule has 1 nitrogen and oxygen atoms in total. The Labute approximate surface area is 132 Å². The van der Waals surface area contributed by atoms with Crippen molar-refractivity contribution >= 4 is 27.5 Å². The van der Waals surface area contributed by atoms with E-state index >= 15 is 0 Å². The smallest absolute Gasteiger partial charge is 0.123 e. The zero-order valence-electron chi connectivity index (χ0n) is 11.2. The highest BCUT2D eigenvalue weighted by atomic mass is 79.9. The summed E-state index contributed by atoms with van der Waals surface area (Å²) in [6.45, 7) is 2.90. The van der Waals surface area contributed by atoms with Crippen LogP contribution < -0.4 is 5.32 Å². The molecule has 0 aliphatic rings. The number of halogens is 3. The van der Waals surface area contributed by atoms with Crippen molar-refractivity contribution < 1.29 is 4.39 Å². The maximum absolute atomic E-state index is 13.3. The van der Waals surface area contributed by atoms with Crippen molar-refractivity contribution in [3.05, 3.63) is 68.9 Å². The third-order valence-corrected chi connectivity index (χ3v) is 4.04. The van der Waals surface area contributed by atoms with Gasteiger partial charge in [-0.1, -0.05) is 52.7 Å². The summed E-state index contributed by atoms with van der Waals surface area (Å²) in [5.41, 5.74) is 2.10. The molecule has 20 heavy (non-hydrogen) atoms. The molecular formula is C16H16BrClFN. The summed E-state index contributed by atoms with van der Waals surface area (Å²) in [5.74, 6) is -0.201. The Bertz CT molecular complexity index is 588. The van der Waals surface area contributed by atoms with E-state index in [9.17, 15) is 4.39 Å². The van der Waals surface area contributed by atoms with Crippen LogP contribution in [0, 0.1) is 5.82 Å². The molecule has 0 amide bonds. The van der Waals surface area contributed by atoms with E-state index in [2.05, 4.69) is 28.2 Å². The number of hydrogen-bond donors (Lipinski definition) is 1. The number of nitrogens with one attached hydrogen (secondary N) is 1. The molecule has 2 aromatic carbocycles. The number of benzene rings is 2. The highest BCUT2D eigenvalue weighted by Gasteiger charge is 2.14. The van der Waals surface area contributed by atoms with Gasteiger partial charge in [0, 0.05) is 15.5 Å². The zero-order chi connectivity index (χ0) is 14.5. The normalized spacial score (nSPS) is 12.4. The highest BCUT2D eigenvalue weighted by molar-refractivity contribution is 9.10. The predicted octanol–water partition coefficient (Wildman–Crippen LogP) is 5.13. The second-order valence-corrected chi connectivity index (χ2v) is 5.90. The van der Waals surface area contributed by atoms with Gasteiger partial charge < -0.3 is 5.32 Å². The Morgan fingerprint density at radius 3 is 2.70 bits per heavy atom. The van der Waals surface area contributed by atoms with E-state index in [-0.39, 0.29) is 11.9 Å². The molecule has 0 aliphatic heterocycles. The van der Waals surface area contributed by atoms with Gasteiger partial charge in [-0.05, 0) is 48.4 Å². The molecule has 0 spiro atoms. The lowest BCUT2D eigenvalue weighted by Crippen LogP contribution is -2.23. The first-order valence-electron chi connectivity index (χ1n) is 6.53. The van der Waals surface area contributed by atoms with Crippen molar-refractivity contribution in [1.82, 2.24) is 5.32 Å². The summed E-state index contributed by atoms with van der Waals surface area (Å²) in [4.78, 5) is 0. The van der Waals surface area contributed by atoms with Crippen molar-refractivity contribution in [3.63, 3.8) is 0 Å². The van der Waals surface area contributed by atoms with Gasteiger partial charge in [-0.25, -0.2) is 4.39 Å². The van der Waals surface area contributed by atoms with Crippen LogP contribution in [0.15, 0.2) is 46.9 Å². The van der Waals surface area contributed by atoms with E-state index in [1.165, 1.54) is 6.07 Å². The molecule has 0 radical (unpaired) electrons. The fraction of sp³-hybridized carbons (Fsp3) is 0.250. The van der Waals surface area contributed by atoms with E-state index in [0.717, 1.165) is 28.6 Å². The Balaban J connectivity index is 2.26. The van der Waals surface area contributed by atoms with Crippen molar-refractivity contribution in [1.29, 1.82) is 0 Å². The van der Waals surface area contributed by atoms with E-state index < -0.39 is 0 Å². The lowest BCUT2D eigenvalue weighted by molar-refractivity contribution is 0.545. The molecule has 2 rings (SSSR count). The lowest BCUT2D eigenvalue weighted by Gasteiger charge is -2.20. The number of likely N-dealkylation sites (N-methyl/N-ethyl adjacent to an activating group) is 1. The fourth-order valence-corrected chi connectivity index (χ4v) is 3.18. The maximum Gasteiger partial charge on any atom is 0.123 e. The number of hydrogen-bond acceptors (Lipinski definition) is 1. The molecule has 2 aromatic rings. The predicted molar refractivity (Wildman–Crippen MR) is 85.7 cm³/mol. The summed E-state index contributed by atoms with van der Waals surface area (Å²) < 4.78 is 14.3. The van der Waals surface area contributed by atoms with Crippen LogP contribution in [0.4, 0.5) is 4.39 Å². The Morgan fingerprint density at radius 2 is 2.05 bits per heavy atom. The summed E-state index contributed by atoms with van der Waals surface area (Å²) >= 11 is 9.53. The van der Waals surface area contributed by atoms with Gasteiger partial charge in [-0.3, -0.25) is 0 Å². The standard InChI is InChI=1S/C16H16BrClFN/c1-2-20-16(9-11-4-3-5-13(19)8-11)14-7-6-12(18)10-15(14)17/h3-8,10,16,20H,2,9H2,1H3. The molecule has 0 bridgehead atoms. The number of rotatable bonds is 5. The second-order valence-electron chi connectivity index (χ2n) is 4.61. The molecule has 0 saturated heterocycles. The monoisotopic (exact) mass is 355 g/mol. The van der Waals surface area contributed by atoms with Gasteiger partial charge in [0.1, 0.15) is 5.82 Å². The van der Waals surface area contributed by atoms with Crippen LogP contribution in [0.25, 0.3) is 0 Å². The maximum atomic E-state index is 13.3. The summed E-state index contributed by atoms with van der Waals surface area (Å²) in [6, 6.07) is 12.6. The average molecular weight is 357 g/mol. The van der Waals surface area contributed by atoms with Crippen molar-refractivity contribution in [2.75, 3.05) is 6.54 Å². The molecule has 106 valence electrons. The molecular weight excluding hydrogens is 341 g/mol. The van der Waals surface area contributed by atoms with Gasteiger partial charge in [0.15, 0.2) is 0 Å². The quantitative estimate of drug-likeness (QED) is 0.782. The van der Waals surface area contributed by atoms with Crippen LogP contribution in [0.5, 0.6) is 0 Å². The van der Waals surface area contributed by atoms with Crippen molar-refractivity contribution in [3.8, 4) is 0 Å². The SMILES string of the molecule is CCNC(Cc1cccc(F)c1)c1ccc(Cl)cc1Br. The van der Waals surface area contributed by atoms with Gasteiger partial charge in [0.2, 0.25) is 0 Å². The third kappa shape index (κ3) is 4.05. The van der Waals surface area contributed by atoms with Crippen LogP contribution in [0.1, 0.15) is 24.1 Å². The minimum Gasteiger partial charge on any atom is -0.310 e. The molecule has 1 N–H and O–H groups in total. The third-order valence-electron chi connectivity index (χ3n) is 3.12. The summed E-state index contributed by atoms with van der Waals surface area (Å²) in [5, 5.41) is 4.13. The first-order valence-corrected chi connectivity index (χ1v) is 7.70. The highest BCUT2D eigenvalue weighted by Crippen LogP contribution is 2.29. The van der Waals surface area contributed by atoms with Crippen LogP contribution in [0.3, 0.4) is 0 Å². The second kappa shape index (κ2) is 7.21. The topological polar surface area (TPSA) is 12.0 Å². The minimum atomic E-state index is -0.201. The van der Waals surface area contributed by atoms with E-state index in [1.807, 2.05) is 24.3 Å². The first kappa shape index (κ1) is 15.5. The molecule has 0 aromatic heterocycles. The Hall–Kier alpha value is -0.900. The fourth-order valence-electron chi connectivity index (χ4n) is 2.22. The molecule has 4 heteroatoms.